The molecule has 0 amide bonds. The van der Waals surface area contributed by atoms with Crippen molar-refractivity contribution in [3.63, 3.8) is 0 Å². The molecule has 2 atom stereocenters. The molecule has 4 N–H and O–H groups in total. The number of hydrogen-bond donors (Lipinski definition) is 3. The van der Waals surface area contributed by atoms with E-state index in [1.54, 1.807) is 0 Å². The molecule has 4 aromatic rings. The van der Waals surface area contributed by atoms with Crippen molar-refractivity contribution < 1.29 is 27.9 Å². The number of anilines is 2. The number of fused-ring (bicyclic) bond motifs is 1. The van der Waals surface area contributed by atoms with Crippen LogP contribution in [0.5, 0.6) is 0 Å². The quantitative estimate of drug-likeness (QED) is 0.212. The van der Waals surface area contributed by atoms with Crippen molar-refractivity contribution in [3.8, 4) is 11.8 Å². The van der Waals surface area contributed by atoms with Crippen LogP contribution in [0.3, 0.4) is 0 Å². The van der Waals surface area contributed by atoms with Gasteiger partial charge < -0.3 is 25.9 Å². The number of aromatic nitrogens is 4. The zero-order valence-electron chi connectivity index (χ0n) is 25.1. The summed E-state index contributed by atoms with van der Waals surface area (Å²) < 4.78 is 38.5. The van der Waals surface area contributed by atoms with E-state index in [1.807, 2.05) is 30.8 Å². The number of nitrogens with one attached hydrogen (secondary N) is 1. The molecule has 0 unspecified atom stereocenters. The Morgan fingerprint density at radius 3 is 2.47 bits per heavy atom. The molecule has 45 heavy (non-hydrogen) atoms. The molecule has 1 aliphatic rings. The number of hydrogen-bond acceptors (Lipinski definition) is 9. The Labute approximate surface area is 263 Å². The molecule has 0 radical (unpaired) electrons. The maximum Gasteiger partial charge on any atom is 0.417 e. The van der Waals surface area contributed by atoms with Crippen LogP contribution in [0.1, 0.15) is 52.1 Å². The van der Waals surface area contributed by atoms with Gasteiger partial charge in [0.25, 0.3) is 0 Å². The number of nitrogen functional groups attached to an aromatic ring is 1. The first-order chi connectivity index (χ1) is 21.3. The Morgan fingerprint density at radius 2 is 1.89 bits per heavy atom. The summed E-state index contributed by atoms with van der Waals surface area (Å²) in [5, 5.41) is 16.2. The highest BCUT2D eigenvalue weighted by molar-refractivity contribution is 6.31. The predicted octanol–water partition coefficient (Wildman–Crippen LogP) is 4.77. The maximum absolute atomic E-state index is 12.2. The number of halogens is 4. The van der Waals surface area contributed by atoms with Crippen LogP contribution in [0.2, 0.25) is 5.02 Å². The van der Waals surface area contributed by atoms with Crippen molar-refractivity contribution in [2.24, 2.45) is 0 Å². The molecule has 3 heterocycles. The van der Waals surface area contributed by atoms with Crippen molar-refractivity contribution >= 4 is 46.7 Å². The molecule has 10 nitrogen and oxygen atoms in total. The number of aliphatic hydroxyl groups is 1. The summed E-state index contributed by atoms with van der Waals surface area (Å²) in [7, 11) is 4.01. The largest absolute Gasteiger partial charge is 0.417 e. The van der Waals surface area contributed by atoms with E-state index in [2.05, 4.69) is 45.1 Å². The third kappa shape index (κ3) is 9.24. The van der Waals surface area contributed by atoms with Gasteiger partial charge in [-0.3, -0.25) is 4.79 Å². The summed E-state index contributed by atoms with van der Waals surface area (Å²) in [4.78, 5) is 30.3. The van der Waals surface area contributed by atoms with E-state index in [0.717, 1.165) is 59.5 Å². The molecule has 1 aliphatic heterocycles. The van der Waals surface area contributed by atoms with Gasteiger partial charge in [-0.15, -0.1) is 0 Å². The number of likely N-dealkylation sites (N-methyl/N-ethyl adjacent to an activating group) is 1. The molecular weight excluding hydrogens is 611 g/mol. The number of carbonyl (C=O) groups is 2. The molecule has 0 aliphatic carbocycles. The smallest absolute Gasteiger partial charge is 0.388 e. The fourth-order valence-corrected chi connectivity index (χ4v) is 4.55. The number of benzene rings is 2. The Morgan fingerprint density at radius 1 is 1.18 bits per heavy atom. The van der Waals surface area contributed by atoms with Crippen molar-refractivity contribution in [2.45, 2.75) is 38.6 Å². The number of nitrogens with zero attached hydrogens (tertiary/aromatic N) is 5. The highest BCUT2D eigenvalue weighted by Crippen LogP contribution is 2.35. The fraction of sp³-hybridized carbons (Fsp3) is 0.323. The van der Waals surface area contributed by atoms with Crippen LogP contribution in [0.4, 0.5) is 24.7 Å². The first-order valence-corrected chi connectivity index (χ1v) is 14.1. The second-order valence-electron chi connectivity index (χ2n) is 10.2. The summed E-state index contributed by atoms with van der Waals surface area (Å²) in [5.41, 5.74) is 9.61. The van der Waals surface area contributed by atoms with Crippen LogP contribution in [0.25, 0.3) is 11.0 Å². The Bertz CT molecular complexity index is 1710. The SMILES string of the molecule is CNc1ccc(C)c(C#Cc2nn([C@@H]3CCN(C)C3)c3ncnc(N)c23)c1.C[C@@H](O)C=O.O=Cc1ccc(Cl)c(C(F)(F)F)c1. The number of aryl methyl sites for hydroxylation is 1. The molecule has 14 heteroatoms. The van der Waals surface area contributed by atoms with Gasteiger partial charge in [0.15, 0.2) is 5.65 Å². The van der Waals surface area contributed by atoms with Crippen molar-refractivity contribution in [3.05, 3.63) is 75.7 Å². The van der Waals surface area contributed by atoms with Gasteiger partial charge in [-0.05, 0) is 63.1 Å². The highest BCUT2D eigenvalue weighted by Gasteiger charge is 2.33. The number of aldehydes is 2. The molecule has 238 valence electrons. The van der Waals surface area contributed by atoms with Crippen molar-refractivity contribution in [2.75, 3.05) is 38.2 Å². The van der Waals surface area contributed by atoms with Gasteiger partial charge in [-0.1, -0.05) is 29.7 Å². The third-order valence-electron chi connectivity index (χ3n) is 6.70. The van der Waals surface area contributed by atoms with Gasteiger partial charge in [0, 0.05) is 37.0 Å². The molecule has 0 bridgehead atoms. The molecule has 5 rings (SSSR count). The summed E-state index contributed by atoms with van der Waals surface area (Å²) >= 11 is 5.30. The molecule has 0 spiro atoms. The maximum atomic E-state index is 12.2. The summed E-state index contributed by atoms with van der Waals surface area (Å²) in [6, 6.07) is 9.39. The third-order valence-corrected chi connectivity index (χ3v) is 7.03. The van der Waals surface area contributed by atoms with Crippen LogP contribution in [0.15, 0.2) is 42.7 Å². The predicted molar refractivity (Wildman–Crippen MR) is 167 cm³/mol. The lowest BCUT2D eigenvalue weighted by Gasteiger charge is -2.11. The average molecular weight is 644 g/mol. The lowest BCUT2D eigenvalue weighted by atomic mass is 10.1. The van der Waals surface area contributed by atoms with Crippen molar-refractivity contribution in [1.82, 2.24) is 24.6 Å². The molecule has 1 saturated heterocycles. The van der Waals surface area contributed by atoms with Crippen molar-refractivity contribution in [1.29, 1.82) is 0 Å². The fourth-order valence-electron chi connectivity index (χ4n) is 4.32. The van der Waals surface area contributed by atoms with Crippen LogP contribution >= 0.6 is 11.6 Å². The lowest BCUT2D eigenvalue weighted by molar-refractivity contribution is -0.137. The Kier molecular flexibility index (Phi) is 12.0. The first-order valence-electron chi connectivity index (χ1n) is 13.7. The number of carbonyl (C=O) groups excluding carboxylic acids is 2. The average Bonchev–Trinajstić information content (AvgIpc) is 3.61. The van der Waals surface area contributed by atoms with E-state index >= 15 is 0 Å². The van der Waals surface area contributed by atoms with Gasteiger partial charge in [-0.2, -0.15) is 18.3 Å². The van der Waals surface area contributed by atoms with Gasteiger partial charge in [0.05, 0.1) is 22.0 Å². The number of likely N-dealkylation sites (tertiary alicyclic amines) is 1. The normalized spacial score (nSPS) is 15.1. The molecule has 0 saturated carbocycles. The number of aliphatic hydroxyl groups excluding tert-OH is 1. The summed E-state index contributed by atoms with van der Waals surface area (Å²) in [6.45, 7) is 5.44. The topological polar surface area (TPSA) is 139 Å². The van der Waals surface area contributed by atoms with Crippen LogP contribution < -0.4 is 11.1 Å². The molecule has 2 aromatic heterocycles. The number of alkyl halides is 3. The summed E-state index contributed by atoms with van der Waals surface area (Å²) in [6.07, 6.45) is -1.98. The van der Waals surface area contributed by atoms with E-state index in [9.17, 15) is 22.8 Å². The zero-order chi connectivity index (χ0) is 33.3. The molecule has 1 fully saturated rings. The molecule has 2 aromatic carbocycles. The van der Waals surface area contributed by atoms with Gasteiger partial charge in [0.1, 0.15) is 36.5 Å². The standard InChI is InChI=1S/C20H23N7.C8H4ClF3O.C3H6O2/c1-13-4-6-15(22-2)10-14(13)5-7-17-18-19(21)23-12-24-20(18)27(25-17)16-8-9-26(3)11-16;9-7-2-1-5(4-13)3-6(7)8(10,11)12;1-3(5)2-4/h4,6,10,12,16,22H,8-9,11H2,1-3H3,(H2,21,23,24);1-4H;2-3,5H,1H3/t16-;;3-/m1.1/s1. The summed E-state index contributed by atoms with van der Waals surface area (Å²) in [5.74, 6) is 6.88. The van der Waals surface area contributed by atoms with Crippen LogP contribution in [-0.4, -0.2) is 75.6 Å². The lowest BCUT2D eigenvalue weighted by Crippen LogP contribution is -2.17. The highest BCUT2D eigenvalue weighted by atomic mass is 35.5. The molecular formula is C31H33ClF3N7O3. The monoisotopic (exact) mass is 643 g/mol. The van der Waals surface area contributed by atoms with Gasteiger partial charge in [0.2, 0.25) is 0 Å². The van der Waals surface area contributed by atoms with Crippen LogP contribution in [0, 0.1) is 18.8 Å². The minimum Gasteiger partial charge on any atom is -0.388 e. The second kappa shape index (κ2) is 15.5. The van der Waals surface area contributed by atoms with Gasteiger partial charge >= 0.3 is 6.18 Å². The number of nitrogens with two attached hydrogens (primary N) is 1. The first kappa shape index (κ1) is 35.0. The minimum absolute atomic E-state index is 0.0447. The zero-order valence-corrected chi connectivity index (χ0v) is 25.8. The minimum atomic E-state index is -4.52. The van der Waals surface area contributed by atoms with E-state index in [4.69, 9.17) is 27.5 Å². The van der Waals surface area contributed by atoms with E-state index in [1.165, 1.54) is 19.3 Å². The Hall–Kier alpha value is -4.51. The van der Waals surface area contributed by atoms with E-state index < -0.39 is 22.9 Å². The van der Waals surface area contributed by atoms with Gasteiger partial charge in [-0.25, -0.2) is 14.6 Å². The van der Waals surface area contributed by atoms with Crippen LogP contribution in [-0.2, 0) is 11.0 Å². The second-order valence-corrected chi connectivity index (χ2v) is 10.6. The Balaban J connectivity index is 0.000000255. The van der Waals surface area contributed by atoms with E-state index in [0.29, 0.717) is 24.1 Å². The number of rotatable bonds is 4. The van der Waals surface area contributed by atoms with E-state index in [-0.39, 0.29) is 11.6 Å².